The van der Waals surface area contributed by atoms with Gasteiger partial charge in [0.1, 0.15) is 22.7 Å². The predicted octanol–water partition coefficient (Wildman–Crippen LogP) is 3.35. The summed E-state index contributed by atoms with van der Waals surface area (Å²) >= 11 is 6.40. The third kappa shape index (κ3) is 2.41. The van der Waals surface area contributed by atoms with E-state index in [4.69, 9.17) is 17.3 Å². The molecule has 27 heavy (non-hydrogen) atoms. The maximum atomic E-state index is 14.0. The van der Waals surface area contributed by atoms with Crippen LogP contribution in [0.25, 0.3) is 33.1 Å². The van der Waals surface area contributed by atoms with Crippen LogP contribution in [0.2, 0.25) is 5.02 Å². The average Bonchev–Trinajstić information content (AvgIpc) is 3.12. The third-order valence-corrected chi connectivity index (χ3v) is 4.99. The van der Waals surface area contributed by atoms with E-state index in [2.05, 4.69) is 20.2 Å². The van der Waals surface area contributed by atoms with Gasteiger partial charge in [-0.25, -0.2) is 9.37 Å². The molecule has 7 nitrogen and oxygen atoms in total. The Kier molecular flexibility index (Phi) is 3.74. The number of Topliss-reactive ketones (excluding diaryl/α,β-unsaturated/α-hetero) is 1. The number of hydrogen-bond donors (Lipinski definition) is 3. The van der Waals surface area contributed by atoms with Crippen molar-refractivity contribution in [1.82, 2.24) is 20.2 Å². The number of ketones is 1. The highest BCUT2D eigenvalue weighted by Crippen LogP contribution is 2.38. The molecule has 0 atom stereocenters. The van der Waals surface area contributed by atoms with Crippen LogP contribution in [0, 0.1) is 12.7 Å². The van der Waals surface area contributed by atoms with E-state index in [1.54, 1.807) is 6.92 Å². The molecule has 0 saturated carbocycles. The van der Waals surface area contributed by atoms with Crippen LogP contribution < -0.4 is 11.3 Å². The number of nitrogen functional groups attached to an aromatic ring is 1. The molecule has 0 aliphatic rings. The van der Waals surface area contributed by atoms with E-state index < -0.39 is 11.4 Å². The van der Waals surface area contributed by atoms with Gasteiger partial charge in [-0.05, 0) is 24.1 Å². The molecule has 0 unspecified atom stereocenters. The first-order valence-corrected chi connectivity index (χ1v) is 8.33. The molecule has 0 bridgehead atoms. The average molecular weight is 386 g/mol. The second kappa shape index (κ2) is 5.88. The number of hydrogen-bond acceptors (Lipinski definition) is 5. The van der Waals surface area contributed by atoms with Crippen molar-refractivity contribution in [3.05, 3.63) is 50.8 Å². The number of pyridine rings is 2. The monoisotopic (exact) mass is 385 g/mol. The number of benzene rings is 1. The zero-order valence-electron chi connectivity index (χ0n) is 14.3. The lowest BCUT2D eigenvalue weighted by molar-refractivity contribution is 0.101. The van der Waals surface area contributed by atoms with Crippen molar-refractivity contribution < 1.29 is 9.18 Å². The van der Waals surface area contributed by atoms with E-state index in [1.165, 1.54) is 25.3 Å². The van der Waals surface area contributed by atoms with Crippen molar-refractivity contribution in [1.29, 1.82) is 0 Å². The molecular weight excluding hydrogens is 373 g/mol. The normalized spacial score (nSPS) is 11.4. The number of H-pyrrole nitrogens is 2. The maximum absolute atomic E-state index is 14.0. The molecule has 136 valence electrons. The lowest BCUT2D eigenvalue weighted by Gasteiger charge is -2.14. The fourth-order valence-corrected chi connectivity index (χ4v) is 3.43. The van der Waals surface area contributed by atoms with Gasteiger partial charge in [0, 0.05) is 17.9 Å². The summed E-state index contributed by atoms with van der Waals surface area (Å²) in [5.41, 5.74) is 7.42. The zero-order valence-corrected chi connectivity index (χ0v) is 15.0. The standard InChI is InChI=1S/C18H13ClFN5O2/c1-6-12(19)17-16(23-14(6)7(2)26)11(13(21)18(27)24-17)8-3-4-10(20)15-9(8)5-22-25-15/h3-5H,21H2,1-2H3,(H,22,25)(H,24,27). The lowest BCUT2D eigenvalue weighted by Crippen LogP contribution is -2.15. The molecule has 3 heterocycles. The number of carbonyl (C=O) groups excluding carboxylic acids is 1. The highest BCUT2D eigenvalue weighted by atomic mass is 35.5. The Morgan fingerprint density at radius 3 is 2.74 bits per heavy atom. The number of nitrogens with zero attached hydrogens (tertiary/aromatic N) is 2. The van der Waals surface area contributed by atoms with Crippen LogP contribution in [0.3, 0.4) is 0 Å². The number of fused-ring (bicyclic) bond motifs is 2. The molecule has 0 aliphatic heterocycles. The molecule has 4 aromatic rings. The van der Waals surface area contributed by atoms with Gasteiger partial charge in [0.25, 0.3) is 5.56 Å². The zero-order chi connectivity index (χ0) is 19.5. The minimum Gasteiger partial charge on any atom is -0.394 e. The van der Waals surface area contributed by atoms with Gasteiger partial charge in [-0.3, -0.25) is 14.7 Å². The van der Waals surface area contributed by atoms with Gasteiger partial charge in [0.15, 0.2) is 5.78 Å². The second-order valence-corrected chi connectivity index (χ2v) is 6.55. The highest BCUT2D eigenvalue weighted by molar-refractivity contribution is 6.36. The molecule has 0 spiro atoms. The number of anilines is 1. The topological polar surface area (TPSA) is 118 Å². The van der Waals surface area contributed by atoms with Crippen molar-refractivity contribution >= 4 is 45.0 Å². The predicted molar refractivity (Wildman–Crippen MR) is 102 cm³/mol. The summed E-state index contributed by atoms with van der Waals surface area (Å²) in [6, 6.07) is 2.73. The first-order chi connectivity index (χ1) is 12.8. The van der Waals surface area contributed by atoms with Gasteiger partial charge in [-0.2, -0.15) is 5.10 Å². The minimum absolute atomic E-state index is 0.112. The van der Waals surface area contributed by atoms with Crippen molar-refractivity contribution in [3.8, 4) is 11.1 Å². The van der Waals surface area contributed by atoms with Crippen molar-refractivity contribution in [2.75, 3.05) is 5.73 Å². The quantitative estimate of drug-likeness (QED) is 0.457. The molecule has 0 amide bonds. The van der Waals surface area contributed by atoms with Gasteiger partial charge in [-0.15, -0.1) is 0 Å². The number of nitrogens with one attached hydrogen (secondary N) is 2. The minimum atomic E-state index is -0.558. The van der Waals surface area contributed by atoms with E-state index in [9.17, 15) is 14.0 Å². The Hall–Kier alpha value is -3.26. The Balaban J connectivity index is 2.25. The molecule has 1 aromatic carbocycles. The number of carbonyl (C=O) groups is 1. The van der Waals surface area contributed by atoms with Crippen LogP contribution in [-0.2, 0) is 0 Å². The molecular formula is C18H13ClFN5O2. The first-order valence-electron chi connectivity index (χ1n) is 7.95. The van der Waals surface area contributed by atoms with Crippen LogP contribution in [0.1, 0.15) is 23.0 Å². The number of aromatic amines is 2. The summed E-state index contributed by atoms with van der Waals surface area (Å²) in [6.45, 7) is 3.02. The van der Waals surface area contributed by atoms with E-state index in [1.807, 2.05) is 0 Å². The molecule has 0 fully saturated rings. The van der Waals surface area contributed by atoms with Crippen LogP contribution >= 0.6 is 11.6 Å². The smallest absolute Gasteiger partial charge is 0.272 e. The summed E-state index contributed by atoms with van der Waals surface area (Å²) in [6.07, 6.45) is 1.43. The molecule has 3 aromatic heterocycles. The van der Waals surface area contributed by atoms with Crippen molar-refractivity contribution in [3.63, 3.8) is 0 Å². The van der Waals surface area contributed by atoms with E-state index in [0.29, 0.717) is 16.5 Å². The van der Waals surface area contributed by atoms with Gasteiger partial charge >= 0.3 is 0 Å². The number of aromatic nitrogens is 4. The van der Waals surface area contributed by atoms with Crippen LogP contribution in [0.4, 0.5) is 10.1 Å². The van der Waals surface area contributed by atoms with Gasteiger partial charge < -0.3 is 10.7 Å². The Morgan fingerprint density at radius 2 is 2.04 bits per heavy atom. The summed E-state index contributed by atoms with van der Waals surface area (Å²) in [5, 5.41) is 7.07. The number of nitrogens with two attached hydrogens (primary N) is 1. The van der Waals surface area contributed by atoms with Crippen LogP contribution in [0.15, 0.2) is 23.1 Å². The van der Waals surface area contributed by atoms with Gasteiger partial charge in [-0.1, -0.05) is 17.7 Å². The lowest BCUT2D eigenvalue weighted by atomic mass is 9.98. The van der Waals surface area contributed by atoms with Gasteiger partial charge in [0.05, 0.1) is 22.3 Å². The largest absolute Gasteiger partial charge is 0.394 e. The summed E-state index contributed by atoms with van der Waals surface area (Å²) in [5.74, 6) is -0.773. The first kappa shape index (κ1) is 17.2. The molecule has 9 heteroatoms. The van der Waals surface area contributed by atoms with Crippen molar-refractivity contribution in [2.45, 2.75) is 13.8 Å². The number of rotatable bonds is 2. The molecule has 0 radical (unpaired) electrons. The Labute approximate surface area is 156 Å². The van der Waals surface area contributed by atoms with Crippen LogP contribution in [0.5, 0.6) is 0 Å². The summed E-state index contributed by atoms with van der Waals surface area (Å²) in [7, 11) is 0. The second-order valence-electron chi connectivity index (χ2n) is 6.18. The Bertz CT molecular complexity index is 1330. The van der Waals surface area contributed by atoms with E-state index >= 15 is 0 Å². The molecule has 0 aliphatic carbocycles. The Morgan fingerprint density at radius 1 is 1.30 bits per heavy atom. The molecule has 4 rings (SSSR count). The number of halogens is 2. The molecule has 0 saturated heterocycles. The van der Waals surface area contributed by atoms with E-state index in [0.717, 1.165) is 0 Å². The maximum Gasteiger partial charge on any atom is 0.272 e. The summed E-state index contributed by atoms with van der Waals surface area (Å²) in [4.78, 5) is 31.4. The fraction of sp³-hybridized carbons (Fsp3) is 0.111. The summed E-state index contributed by atoms with van der Waals surface area (Å²) < 4.78 is 14.0. The van der Waals surface area contributed by atoms with E-state index in [-0.39, 0.29) is 44.3 Å². The highest BCUT2D eigenvalue weighted by Gasteiger charge is 2.22. The fourth-order valence-electron chi connectivity index (χ4n) is 3.20. The molecule has 4 N–H and O–H groups in total. The van der Waals surface area contributed by atoms with Crippen molar-refractivity contribution in [2.24, 2.45) is 0 Å². The third-order valence-electron chi connectivity index (χ3n) is 4.52. The van der Waals surface area contributed by atoms with Gasteiger partial charge in [0.2, 0.25) is 0 Å². The SMILES string of the molecule is CC(=O)c1nc2c(-c3ccc(F)c4[nH]ncc34)c(N)c(=O)[nH]c2c(Cl)c1C. The van der Waals surface area contributed by atoms with Crippen LogP contribution in [-0.4, -0.2) is 25.9 Å².